The molecule has 13 heavy (non-hydrogen) atoms. The molecule has 0 saturated heterocycles. The number of hydrogen-bond donors (Lipinski definition) is 1. The van der Waals surface area contributed by atoms with Gasteiger partial charge in [-0.1, -0.05) is 13.3 Å². The van der Waals surface area contributed by atoms with E-state index in [1.165, 1.54) is 12.8 Å². The standard InChI is InChI=1S/C8H21NO3Si/c1-5-6-7-9-8-12-13(4,10-2)11-3/h9H,5-8H2,1-4H3. The van der Waals surface area contributed by atoms with Crippen LogP contribution in [-0.2, 0) is 13.3 Å². The van der Waals surface area contributed by atoms with Gasteiger partial charge in [-0.15, -0.1) is 0 Å². The van der Waals surface area contributed by atoms with E-state index in [0.717, 1.165) is 6.54 Å². The molecule has 5 heteroatoms. The van der Waals surface area contributed by atoms with E-state index < -0.39 is 8.80 Å². The molecule has 0 atom stereocenters. The summed E-state index contributed by atoms with van der Waals surface area (Å²) < 4.78 is 15.8. The van der Waals surface area contributed by atoms with E-state index in [0.29, 0.717) is 6.73 Å². The smallest absolute Gasteiger partial charge is 0.377 e. The molecule has 0 aliphatic heterocycles. The van der Waals surface area contributed by atoms with Gasteiger partial charge in [0.2, 0.25) is 0 Å². The molecule has 80 valence electrons. The zero-order chi connectivity index (χ0) is 10.2. The lowest BCUT2D eigenvalue weighted by Crippen LogP contribution is -2.42. The summed E-state index contributed by atoms with van der Waals surface area (Å²) in [5.74, 6) is 0. The minimum atomic E-state index is -2.32. The van der Waals surface area contributed by atoms with Crippen LogP contribution in [0.2, 0.25) is 6.55 Å². The Labute approximate surface area is 81.9 Å². The third-order valence-corrected chi connectivity index (χ3v) is 4.04. The van der Waals surface area contributed by atoms with Gasteiger partial charge in [0, 0.05) is 20.8 Å². The lowest BCUT2D eigenvalue weighted by atomic mass is 10.3. The van der Waals surface area contributed by atoms with Crippen LogP contribution in [-0.4, -0.2) is 36.3 Å². The molecule has 0 saturated carbocycles. The summed E-state index contributed by atoms with van der Waals surface area (Å²) in [5, 5.41) is 3.16. The number of rotatable bonds is 8. The van der Waals surface area contributed by atoms with Crippen LogP contribution in [0, 0.1) is 0 Å². The van der Waals surface area contributed by atoms with Crippen molar-refractivity contribution in [3.05, 3.63) is 0 Å². The summed E-state index contributed by atoms with van der Waals surface area (Å²) in [4.78, 5) is 0. The molecule has 0 bridgehead atoms. The highest BCUT2D eigenvalue weighted by Gasteiger charge is 2.31. The average Bonchev–Trinajstić information content (AvgIpc) is 2.17. The number of unbranched alkanes of at least 4 members (excludes halogenated alkanes) is 1. The van der Waals surface area contributed by atoms with Gasteiger partial charge in [-0.25, -0.2) is 0 Å². The van der Waals surface area contributed by atoms with Crippen molar-refractivity contribution in [3.8, 4) is 0 Å². The van der Waals surface area contributed by atoms with Gasteiger partial charge < -0.3 is 13.3 Å². The molecule has 0 aliphatic carbocycles. The predicted molar refractivity (Wildman–Crippen MR) is 54.5 cm³/mol. The first kappa shape index (κ1) is 13.1. The van der Waals surface area contributed by atoms with Crippen LogP contribution < -0.4 is 5.32 Å². The van der Waals surface area contributed by atoms with Crippen molar-refractivity contribution in [2.45, 2.75) is 26.3 Å². The first-order chi connectivity index (χ1) is 6.18. The molecule has 0 aromatic heterocycles. The Hall–Kier alpha value is 0.0569. The molecule has 0 fully saturated rings. The topological polar surface area (TPSA) is 39.7 Å². The molecule has 0 aromatic carbocycles. The molecule has 0 aliphatic rings. The van der Waals surface area contributed by atoms with Gasteiger partial charge >= 0.3 is 8.80 Å². The van der Waals surface area contributed by atoms with E-state index in [1.807, 2.05) is 6.55 Å². The zero-order valence-electron chi connectivity index (χ0n) is 9.05. The van der Waals surface area contributed by atoms with Crippen LogP contribution >= 0.6 is 0 Å². The summed E-state index contributed by atoms with van der Waals surface area (Å²) in [6.45, 7) is 5.51. The number of hydrogen-bond acceptors (Lipinski definition) is 4. The van der Waals surface area contributed by atoms with Crippen molar-refractivity contribution in [2.75, 3.05) is 27.5 Å². The molecule has 0 radical (unpaired) electrons. The second kappa shape index (κ2) is 7.46. The van der Waals surface area contributed by atoms with Gasteiger partial charge in [0.05, 0.1) is 6.73 Å². The molecular weight excluding hydrogens is 186 g/mol. The fourth-order valence-electron chi connectivity index (χ4n) is 0.757. The van der Waals surface area contributed by atoms with Gasteiger partial charge in [0.15, 0.2) is 0 Å². The van der Waals surface area contributed by atoms with E-state index in [4.69, 9.17) is 13.3 Å². The van der Waals surface area contributed by atoms with Crippen LogP contribution in [0.25, 0.3) is 0 Å². The fourth-order valence-corrected chi connectivity index (χ4v) is 1.52. The highest BCUT2D eigenvalue weighted by molar-refractivity contribution is 6.59. The second-order valence-electron chi connectivity index (χ2n) is 2.91. The SMILES string of the molecule is CCCCNCO[Si](C)(OC)OC. The van der Waals surface area contributed by atoms with E-state index in [1.54, 1.807) is 14.2 Å². The summed E-state index contributed by atoms with van der Waals surface area (Å²) in [6, 6.07) is 0. The third kappa shape index (κ3) is 6.17. The van der Waals surface area contributed by atoms with Crippen molar-refractivity contribution < 1.29 is 13.3 Å². The molecule has 0 aromatic rings. The molecule has 0 rings (SSSR count). The lowest BCUT2D eigenvalue weighted by molar-refractivity contribution is 0.0972. The van der Waals surface area contributed by atoms with Gasteiger partial charge in [-0.3, -0.25) is 5.32 Å². The molecule has 0 heterocycles. The van der Waals surface area contributed by atoms with Crippen molar-refractivity contribution >= 4 is 8.80 Å². The first-order valence-electron chi connectivity index (χ1n) is 4.63. The van der Waals surface area contributed by atoms with E-state index in [-0.39, 0.29) is 0 Å². The minimum absolute atomic E-state index is 0.504. The van der Waals surface area contributed by atoms with Crippen molar-refractivity contribution in [2.24, 2.45) is 0 Å². The maximum Gasteiger partial charge on any atom is 0.498 e. The molecule has 4 nitrogen and oxygen atoms in total. The predicted octanol–water partition coefficient (Wildman–Crippen LogP) is 1.21. The minimum Gasteiger partial charge on any atom is -0.377 e. The molecule has 0 spiro atoms. The largest absolute Gasteiger partial charge is 0.498 e. The van der Waals surface area contributed by atoms with Gasteiger partial charge in [-0.2, -0.15) is 0 Å². The van der Waals surface area contributed by atoms with Gasteiger partial charge in [-0.05, 0) is 13.0 Å². The maximum absolute atomic E-state index is 5.46. The zero-order valence-corrected chi connectivity index (χ0v) is 10.1. The van der Waals surface area contributed by atoms with Gasteiger partial charge in [0.1, 0.15) is 0 Å². The van der Waals surface area contributed by atoms with E-state index in [2.05, 4.69) is 12.2 Å². The second-order valence-corrected chi connectivity index (χ2v) is 5.74. The Morgan fingerprint density at radius 3 is 2.31 bits per heavy atom. The Morgan fingerprint density at radius 2 is 1.85 bits per heavy atom. The monoisotopic (exact) mass is 207 g/mol. The molecule has 0 unspecified atom stereocenters. The first-order valence-corrected chi connectivity index (χ1v) is 6.86. The fraction of sp³-hybridized carbons (Fsp3) is 1.00. The van der Waals surface area contributed by atoms with Crippen molar-refractivity contribution in [1.29, 1.82) is 0 Å². The van der Waals surface area contributed by atoms with Crippen molar-refractivity contribution in [3.63, 3.8) is 0 Å². The quantitative estimate of drug-likeness (QED) is 0.369. The Kier molecular flexibility index (Phi) is 7.49. The van der Waals surface area contributed by atoms with Gasteiger partial charge in [0.25, 0.3) is 0 Å². The summed E-state index contributed by atoms with van der Waals surface area (Å²) in [6.07, 6.45) is 2.36. The lowest BCUT2D eigenvalue weighted by Gasteiger charge is -2.22. The molecular formula is C8H21NO3Si. The Morgan fingerprint density at radius 1 is 1.23 bits per heavy atom. The van der Waals surface area contributed by atoms with E-state index >= 15 is 0 Å². The summed E-state index contributed by atoms with van der Waals surface area (Å²) in [7, 11) is 0.906. The average molecular weight is 207 g/mol. The van der Waals surface area contributed by atoms with Crippen molar-refractivity contribution in [1.82, 2.24) is 5.32 Å². The maximum atomic E-state index is 5.46. The molecule has 0 amide bonds. The van der Waals surface area contributed by atoms with Crippen LogP contribution in [0.4, 0.5) is 0 Å². The highest BCUT2D eigenvalue weighted by atomic mass is 28.4. The summed E-state index contributed by atoms with van der Waals surface area (Å²) >= 11 is 0. The van der Waals surface area contributed by atoms with Crippen LogP contribution in [0.5, 0.6) is 0 Å². The van der Waals surface area contributed by atoms with Crippen LogP contribution in [0.1, 0.15) is 19.8 Å². The number of nitrogens with one attached hydrogen (secondary N) is 1. The normalized spacial score (nSPS) is 12.0. The Bertz CT molecular complexity index is 120. The Balaban J connectivity index is 3.39. The highest BCUT2D eigenvalue weighted by Crippen LogP contribution is 2.04. The van der Waals surface area contributed by atoms with Crippen LogP contribution in [0.3, 0.4) is 0 Å². The van der Waals surface area contributed by atoms with E-state index in [9.17, 15) is 0 Å². The molecule has 1 N–H and O–H groups in total. The third-order valence-electron chi connectivity index (χ3n) is 1.89. The summed E-state index contributed by atoms with van der Waals surface area (Å²) in [5.41, 5.74) is 0. The van der Waals surface area contributed by atoms with Crippen LogP contribution in [0.15, 0.2) is 0 Å².